The van der Waals surface area contributed by atoms with E-state index in [-0.39, 0.29) is 5.75 Å². The third-order valence-corrected chi connectivity index (χ3v) is 2.94. The zero-order valence-corrected chi connectivity index (χ0v) is 5.44. The molecule has 0 aromatic heterocycles. The van der Waals surface area contributed by atoms with Crippen LogP contribution in [0.25, 0.3) is 0 Å². The van der Waals surface area contributed by atoms with Crippen molar-refractivity contribution in [3.8, 4) is 0 Å². The number of hydrogen-bond donors (Lipinski definition) is 1. The van der Waals surface area contributed by atoms with Crippen LogP contribution in [0.5, 0.6) is 0 Å². The molecule has 1 rings (SSSR count). The Hall–Kier alpha value is -0.420. The third kappa shape index (κ3) is 1.11. The maximum Gasteiger partial charge on any atom is 0.233 e. The fourth-order valence-corrected chi connectivity index (χ4v) is 1.85. The van der Waals surface area contributed by atoms with Crippen molar-refractivity contribution in [1.29, 1.82) is 0 Å². The second-order valence-electron chi connectivity index (χ2n) is 1.82. The van der Waals surface area contributed by atoms with Gasteiger partial charge >= 0.3 is 0 Å². The van der Waals surface area contributed by atoms with Gasteiger partial charge in [-0.05, 0) is 0 Å². The van der Waals surface area contributed by atoms with Gasteiger partial charge in [-0.2, -0.15) is 0 Å². The topological polar surface area (TPSA) is 63.2 Å². The van der Waals surface area contributed by atoms with Crippen molar-refractivity contribution in [2.75, 3.05) is 12.3 Å². The molecule has 0 spiro atoms. The molecule has 1 atom stereocenters. The molecule has 1 heterocycles. The van der Waals surface area contributed by atoms with E-state index >= 15 is 0 Å². The Morgan fingerprint density at radius 3 is 2.44 bits per heavy atom. The van der Waals surface area contributed by atoms with Crippen LogP contribution in [0.3, 0.4) is 0 Å². The van der Waals surface area contributed by atoms with Crippen molar-refractivity contribution in [3.05, 3.63) is 0 Å². The Morgan fingerprint density at radius 1 is 1.56 bits per heavy atom. The highest BCUT2D eigenvalue weighted by Gasteiger charge is 2.30. The molecule has 0 bridgehead atoms. The van der Waals surface area contributed by atoms with Gasteiger partial charge in [0.2, 0.25) is 6.29 Å². The van der Waals surface area contributed by atoms with Gasteiger partial charge in [0.1, 0.15) is 0 Å². The molecule has 1 N–H and O–H groups in total. The van der Waals surface area contributed by atoms with Crippen molar-refractivity contribution in [2.24, 2.45) is 0 Å². The molecule has 1 radical (unpaired) electrons. The van der Waals surface area contributed by atoms with Crippen LogP contribution in [0, 0.1) is 0 Å². The average molecular weight is 148 g/mol. The summed E-state index contributed by atoms with van der Waals surface area (Å²) in [6.07, 6.45) is 1.41. The van der Waals surface area contributed by atoms with Crippen LogP contribution in [0.4, 0.5) is 0 Å². The first-order valence-electron chi connectivity index (χ1n) is 2.49. The first-order valence-corrected chi connectivity index (χ1v) is 4.21. The number of sulfone groups is 1. The normalized spacial score (nSPS) is 32.2. The Bertz CT molecular complexity index is 208. The van der Waals surface area contributed by atoms with E-state index in [1.165, 1.54) is 6.29 Å². The summed E-state index contributed by atoms with van der Waals surface area (Å²) >= 11 is 0. The molecule has 51 valence electrons. The third-order valence-electron chi connectivity index (χ3n) is 1.18. The van der Waals surface area contributed by atoms with Crippen molar-refractivity contribution < 1.29 is 13.2 Å². The standard InChI is InChI=1S/C4H6NO3S/c6-3-4-5-1-2-9(4,7)8/h4-5H,1-2H2. The van der Waals surface area contributed by atoms with E-state index in [0.29, 0.717) is 6.54 Å². The molecule has 0 aliphatic carbocycles. The molecule has 1 unspecified atom stereocenters. The molecular formula is C4H6NO3S. The van der Waals surface area contributed by atoms with Crippen LogP contribution in [0.15, 0.2) is 0 Å². The van der Waals surface area contributed by atoms with Crippen LogP contribution >= 0.6 is 0 Å². The Morgan fingerprint density at radius 2 is 2.22 bits per heavy atom. The smallest absolute Gasteiger partial charge is 0.233 e. The molecule has 1 aliphatic heterocycles. The summed E-state index contributed by atoms with van der Waals surface area (Å²) in [5.41, 5.74) is 0. The van der Waals surface area contributed by atoms with Crippen LogP contribution < -0.4 is 5.32 Å². The summed E-state index contributed by atoms with van der Waals surface area (Å²) in [6, 6.07) is 0. The van der Waals surface area contributed by atoms with E-state index in [4.69, 9.17) is 0 Å². The molecule has 0 aromatic rings. The highest BCUT2D eigenvalue weighted by atomic mass is 32.2. The fourth-order valence-electron chi connectivity index (χ4n) is 0.692. The number of nitrogens with one attached hydrogen (secondary N) is 1. The Balaban J connectivity index is 2.87. The highest BCUT2D eigenvalue weighted by Crippen LogP contribution is 2.02. The first-order chi connectivity index (χ1) is 4.17. The molecule has 1 fully saturated rings. The summed E-state index contributed by atoms with van der Waals surface area (Å²) in [6.45, 7) is 0.363. The minimum absolute atomic E-state index is 0.0485. The van der Waals surface area contributed by atoms with Gasteiger partial charge in [-0.15, -0.1) is 0 Å². The Kier molecular flexibility index (Phi) is 1.54. The fraction of sp³-hybridized carbons (Fsp3) is 0.750. The molecule has 0 aromatic carbocycles. The summed E-state index contributed by atoms with van der Waals surface area (Å²) in [4.78, 5) is 9.86. The van der Waals surface area contributed by atoms with Gasteiger partial charge in [-0.1, -0.05) is 0 Å². The summed E-state index contributed by atoms with van der Waals surface area (Å²) in [5, 5.41) is 1.41. The lowest BCUT2D eigenvalue weighted by atomic mass is 10.6. The predicted molar refractivity (Wildman–Crippen MR) is 31.3 cm³/mol. The average Bonchev–Trinajstić information content (AvgIpc) is 2.08. The SMILES string of the molecule is O=[C]C1NCCS1(=O)=O. The van der Waals surface area contributed by atoms with Crippen molar-refractivity contribution >= 4 is 16.1 Å². The van der Waals surface area contributed by atoms with Gasteiger partial charge in [0.05, 0.1) is 5.75 Å². The van der Waals surface area contributed by atoms with Crippen LogP contribution in [-0.4, -0.2) is 32.4 Å². The largest absolute Gasteiger partial charge is 0.293 e. The molecule has 0 saturated carbocycles. The molecule has 9 heavy (non-hydrogen) atoms. The van der Waals surface area contributed by atoms with Gasteiger partial charge in [0, 0.05) is 6.54 Å². The maximum absolute atomic E-state index is 10.7. The van der Waals surface area contributed by atoms with Gasteiger partial charge < -0.3 is 0 Å². The van der Waals surface area contributed by atoms with E-state index in [2.05, 4.69) is 5.32 Å². The van der Waals surface area contributed by atoms with Crippen molar-refractivity contribution in [2.45, 2.75) is 5.37 Å². The van der Waals surface area contributed by atoms with Gasteiger partial charge in [-0.25, -0.2) is 8.42 Å². The molecule has 1 saturated heterocycles. The van der Waals surface area contributed by atoms with Crippen molar-refractivity contribution in [3.63, 3.8) is 0 Å². The first kappa shape index (κ1) is 6.70. The lowest BCUT2D eigenvalue weighted by molar-refractivity contribution is 0.541. The van der Waals surface area contributed by atoms with E-state index in [1.54, 1.807) is 0 Å². The maximum atomic E-state index is 10.7. The van der Waals surface area contributed by atoms with Gasteiger partial charge in [-0.3, -0.25) is 10.1 Å². The monoisotopic (exact) mass is 148 g/mol. The van der Waals surface area contributed by atoms with Gasteiger partial charge in [0.25, 0.3) is 0 Å². The van der Waals surface area contributed by atoms with Gasteiger partial charge in [0.15, 0.2) is 15.2 Å². The van der Waals surface area contributed by atoms with Crippen LogP contribution in [0.1, 0.15) is 0 Å². The molecule has 1 aliphatic rings. The van der Waals surface area contributed by atoms with Crippen LogP contribution in [-0.2, 0) is 14.6 Å². The minimum atomic E-state index is -3.17. The summed E-state index contributed by atoms with van der Waals surface area (Å²) < 4.78 is 21.3. The van der Waals surface area contributed by atoms with E-state index in [0.717, 1.165) is 0 Å². The summed E-state index contributed by atoms with van der Waals surface area (Å²) in [7, 11) is -3.17. The quantitative estimate of drug-likeness (QED) is 0.488. The lowest BCUT2D eigenvalue weighted by Gasteiger charge is -1.95. The Labute approximate surface area is 53.2 Å². The molecule has 0 amide bonds. The van der Waals surface area contributed by atoms with Crippen LogP contribution in [0.2, 0.25) is 0 Å². The lowest BCUT2D eigenvalue weighted by Crippen LogP contribution is -2.28. The second-order valence-corrected chi connectivity index (χ2v) is 4.02. The molecule has 5 heteroatoms. The zero-order chi connectivity index (χ0) is 6.91. The number of rotatable bonds is 1. The van der Waals surface area contributed by atoms with E-state index in [1.807, 2.05) is 0 Å². The second kappa shape index (κ2) is 2.07. The van der Waals surface area contributed by atoms with Crippen molar-refractivity contribution in [1.82, 2.24) is 5.32 Å². The molecular weight excluding hydrogens is 142 g/mol. The van der Waals surface area contributed by atoms with E-state index in [9.17, 15) is 13.2 Å². The van der Waals surface area contributed by atoms with E-state index < -0.39 is 15.2 Å². The number of hydrogen-bond acceptors (Lipinski definition) is 4. The number of carbonyl (C=O) groups excluding carboxylic acids is 1. The predicted octanol–water partition coefficient (Wildman–Crippen LogP) is -1.56. The minimum Gasteiger partial charge on any atom is -0.293 e. The highest BCUT2D eigenvalue weighted by molar-refractivity contribution is 7.92. The summed E-state index contributed by atoms with van der Waals surface area (Å²) in [5.74, 6) is 0.0485. The molecule has 4 nitrogen and oxygen atoms in total. The zero-order valence-electron chi connectivity index (χ0n) is 4.62.